The number of unbranched alkanes of at least 4 members (excludes halogenated alkanes) is 7. The highest BCUT2D eigenvalue weighted by Gasteiger charge is 2.47. The lowest BCUT2D eigenvalue weighted by Crippen LogP contribution is -2.48. The van der Waals surface area contributed by atoms with E-state index in [4.69, 9.17) is 18.9 Å². The van der Waals surface area contributed by atoms with E-state index in [1.807, 2.05) is 19.1 Å². The molecule has 0 bridgehead atoms. The first-order chi connectivity index (χ1) is 20.6. The van der Waals surface area contributed by atoms with Crippen LogP contribution in [0.1, 0.15) is 95.6 Å². The molecular weight excluding hydrogens is 526 g/mol. The quantitative estimate of drug-likeness (QED) is 0.105. The smallest absolute Gasteiger partial charge is 0.305 e. The predicted molar refractivity (Wildman–Crippen MR) is 169 cm³/mol. The van der Waals surface area contributed by atoms with E-state index in [1.54, 1.807) is 0 Å². The average Bonchev–Trinajstić information content (AvgIpc) is 3.36. The lowest BCUT2D eigenvalue weighted by Gasteiger charge is -2.34. The molecule has 4 atom stereocenters. The molecule has 0 heterocycles. The molecule has 0 amide bonds. The number of hydrogen-bond acceptors (Lipinski definition) is 6. The molecule has 234 valence electrons. The van der Waals surface area contributed by atoms with Gasteiger partial charge in [-0.05, 0) is 50.9 Å². The van der Waals surface area contributed by atoms with Gasteiger partial charge in [0.1, 0.15) is 6.10 Å². The van der Waals surface area contributed by atoms with E-state index in [-0.39, 0.29) is 30.3 Å². The van der Waals surface area contributed by atoms with Crippen LogP contribution in [0.4, 0.5) is 0 Å². The molecule has 0 aliphatic heterocycles. The maximum atomic E-state index is 11.7. The number of likely N-dealkylation sites (N-methyl/N-ethyl adjacent to an activating group) is 1. The van der Waals surface area contributed by atoms with Crippen molar-refractivity contribution < 1.29 is 23.7 Å². The number of benzene rings is 2. The molecule has 0 aromatic heterocycles. The monoisotopic (exact) mass is 581 g/mol. The molecule has 0 saturated heterocycles. The van der Waals surface area contributed by atoms with Crippen molar-refractivity contribution in [1.29, 1.82) is 0 Å². The Labute approximate surface area is 255 Å². The zero-order valence-corrected chi connectivity index (χ0v) is 26.4. The number of rotatable bonds is 22. The predicted octanol–water partition coefficient (Wildman–Crippen LogP) is 7.73. The average molecular weight is 582 g/mol. The summed E-state index contributed by atoms with van der Waals surface area (Å²) in [4.78, 5) is 14.2. The minimum atomic E-state index is -0.0995. The third-order valence-corrected chi connectivity index (χ3v) is 8.18. The summed E-state index contributed by atoms with van der Waals surface area (Å²) >= 11 is 0. The molecule has 42 heavy (non-hydrogen) atoms. The maximum Gasteiger partial charge on any atom is 0.305 e. The number of nitrogens with zero attached hydrogens (tertiary/aromatic N) is 1. The molecule has 1 aliphatic carbocycles. The SMILES string of the molecule is CCCCCCCCOC1C(OCc2ccccc2)CC(OCc2ccccc2)C1N(C)CCCCCC(=O)OCC. The van der Waals surface area contributed by atoms with E-state index in [2.05, 4.69) is 67.4 Å². The van der Waals surface area contributed by atoms with Crippen molar-refractivity contribution in [3.8, 4) is 0 Å². The Kier molecular flexibility index (Phi) is 16.8. The highest BCUT2D eigenvalue weighted by molar-refractivity contribution is 5.69. The molecule has 6 nitrogen and oxygen atoms in total. The van der Waals surface area contributed by atoms with Crippen LogP contribution in [0.5, 0.6) is 0 Å². The van der Waals surface area contributed by atoms with Gasteiger partial charge in [0.05, 0.1) is 38.1 Å². The van der Waals surface area contributed by atoms with Crippen LogP contribution in [0.15, 0.2) is 60.7 Å². The Balaban J connectivity index is 1.65. The molecular formula is C36H55NO5. The normalized spacial score (nSPS) is 20.3. The molecule has 2 aromatic rings. The van der Waals surface area contributed by atoms with Gasteiger partial charge in [-0.15, -0.1) is 0 Å². The number of carbonyl (C=O) groups is 1. The standard InChI is InChI=1S/C36H55NO5/c1-4-6-7-8-9-19-26-40-36-33(42-29-31-22-15-11-16-23-31)27-32(41-28-30-20-13-10-14-21-30)35(36)37(3)25-18-12-17-24-34(38)39-5-2/h10-11,13-16,20-23,32-33,35-36H,4-9,12,17-19,24-29H2,1-3H3. The zero-order valence-electron chi connectivity index (χ0n) is 26.4. The van der Waals surface area contributed by atoms with E-state index in [1.165, 1.54) is 43.2 Å². The molecule has 1 saturated carbocycles. The van der Waals surface area contributed by atoms with Gasteiger partial charge < -0.3 is 18.9 Å². The Morgan fingerprint density at radius 3 is 1.98 bits per heavy atom. The fourth-order valence-corrected chi connectivity index (χ4v) is 5.85. The highest BCUT2D eigenvalue weighted by atomic mass is 16.6. The molecule has 0 radical (unpaired) electrons. The van der Waals surface area contributed by atoms with Crippen LogP contribution in [0.3, 0.4) is 0 Å². The van der Waals surface area contributed by atoms with Crippen molar-refractivity contribution in [3.05, 3.63) is 71.8 Å². The Bertz CT molecular complexity index is 956. The largest absolute Gasteiger partial charge is 0.466 e. The van der Waals surface area contributed by atoms with E-state index < -0.39 is 0 Å². The summed E-state index contributed by atoms with van der Waals surface area (Å²) in [5.41, 5.74) is 2.35. The van der Waals surface area contributed by atoms with Gasteiger partial charge in [0.2, 0.25) is 0 Å². The van der Waals surface area contributed by atoms with Crippen LogP contribution >= 0.6 is 0 Å². The fourth-order valence-electron chi connectivity index (χ4n) is 5.85. The first-order valence-corrected chi connectivity index (χ1v) is 16.4. The number of esters is 1. The van der Waals surface area contributed by atoms with Crippen LogP contribution in [-0.4, -0.2) is 62.0 Å². The summed E-state index contributed by atoms with van der Waals surface area (Å²) in [7, 11) is 2.19. The van der Waals surface area contributed by atoms with Gasteiger partial charge in [0.25, 0.3) is 0 Å². The second-order valence-corrected chi connectivity index (χ2v) is 11.6. The molecule has 1 aliphatic rings. The summed E-state index contributed by atoms with van der Waals surface area (Å²) in [5, 5.41) is 0. The Morgan fingerprint density at radius 1 is 0.738 bits per heavy atom. The van der Waals surface area contributed by atoms with Crippen LogP contribution in [0, 0.1) is 0 Å². The molecule has 0 N–H and O–H groups in total. The van der Waals surface area contributed by atoms with Crippen molar-refractivity contribution in [1.82, 2.24) is 4.90 Å². The van der Waals surface area contributed by atoms with E-state index >= 15 is 0 Å². The maximum absolute atomic E-state index is 11.7. The Hall–Kier alpha value is -2.25. The fraction of sp³-hybridized carbons (Fsp3) is 0.639. The summed E-state index contributed by atoms with van der Waals surface area (Å²) in [6.45, 7) is 7.36. The lowest BCUT2D eigenvalue weighted by molar-refractivity contribution is -0.143. The van der Waals surface area contributed by atoms with E-state index in [9.17, 15) is 4.79 Å². The molecule has 0 spiro atoms. The second kappa shape index (κ2) is 20.6. The molecule has 2 aromatic carbocycles. The second-order valence-electron chi connectivity index (χ2n) is 11.6. The third kappa shape index (κ3) is 12.5. The van der Waals surface area contributed by atoms with Gasteiger partial charge in [-0.3, -0.25) is 9.69 Å². The van der Waals surface area contributed by atoms with Gasteiger partial charge in [-0.1, -0.05) is 106 Å². The molecule has 6 heteroatoms. The van der Waals surface area contributed by atoms with E-state index in [0.29, 0.717) is 26.2 Å². The topological polar surface area (TPSA) is 57.2 Å². The lowest BCUT2D eigenvalue weighted by atomic mass is 10.1. The number of ether oxygens (including phenoxy) is 4. The summed E-state index contributed by atoms with van der Waals surface area (Å²) in [6, 6.07) is 20.9. The van der Waals surface area contributed by atoms with Crippen molar-refractivity contribution in [3.63, 3.8) is 0 Å². The molecule has 1 fully saturated rings. The third-order valence-electron chi connectivity index (χ3n) is 8.18. The van der Waals surface area contributed by atoms with Crippen molar-refractivity contribution in [2.45, 2.75) is 122 Å². The van der Waals surface area contributed by atoms with Crippen LogP contribution in [0.25, 0.3) is 0 Å². The van der Waals surface area contributed by atoms with Gasteiger partial charge in [0.15, 0.2) is 0 Å². The van der Waals surface area contributed by atoms with Gasteiger partial charge in [0, 0.05) is 19.4 Å². The van der Waals surface area contributed by atoms with Gasteiger partial charge in [-0.2, -0.15) is 0 Å². The zero-order chi connectivity index (χ0) is 29.8. The van der Waals surface area contributed by atoms with Crippen molar-refractivity contribution in [2.75, 3.05) is 26.8 Å². The van der Waals surface area contributed by atoms with E-state index in [0.717, 1.165) is 45.3 Å². The number of hydrogen-bond donors (Lipinski definition) is 0. The summed E-state index contributed by atoms with van der Waals surface area (Å²) in [6.07, 6.45) is 11.5. The van der Waals surface area contributed by atoms with Crippen LogP contribution in [0.2, 0.25) is 0 Å². The van der Waals surface area contributed by atoms with Gasteiger partial charge in [-0.25, -0.2) is 0 Å². The minimum Gasteiger partial charge on any atom is -0.466 e. The number of carbonyl (C=O) groups excluding carboxylic acids is 1. The van der Waals surface area contributed by atoms with Gasteiger partial charge >= 0.3 is 5.97 Å². The molecule has 3 rings (SSSR count). The summed E-state index contributed by atoms with van der Waals surface area (Å²) in [5.74, 6) is -0.0995. The first-order valence-electron chi connectivity index (χ1n) is 16.4. The molecule has 4 unspecified atom stereocenters. The summed E-state index contributed by atoms with van der Waals surface area (Å²) < 4.78 is 25.0. The van der Waals surface area contributed by atoms with Crippen molar-refractivity contribution in [2.24, 2.45) is 0 Å². The minimum absolute atomic E-state index is 0.00469. The highest BCUT2D eigenvalue weighted by Crippen LogP contribution is 2.33. The Morgan fingerprint density at radius 2 is 1.33 bits per heavy atom. The van der Waals surface area contributed by atoms with Crippen LogP contribution < -0.4 is 0 Å². The van der Waals surface area contributed by atoms with Crippen molar-refractivity contribution >= 4 is 5.97 Å². The van der Waals surface area contributed by atoms with Crippen LogP contribution in [-0.2, 0) is 37.0 Å². The first kappa shape index (κ1) is 34.2.